The van der Waals surface area contributed by atoms with E-state index in [1.807, 2.05) is 12.1 Å². The minimum atomic E-state index is -0.580. The summed E-state index contributed by atoms with van der Waals surface area (Å²) in [5, 5.41) is 10.1. The Morgan fingerprint density at radius 2 is 2.25 bits per heavy atom. The third-order valence-electron chi connectivity index (χ3n) is 3.71. The fourth-order valence-electron chi connectivity index (χ4n) is 2.62. The number of hydrogen-bond donors (Lipinski definition) is 3. The Morgan fingerprint density at radius 3 is 3.08 bits per heavy atom. The summed E-state index contributed by atoms with van der Waals surface area (Å²) in [5.41, 5.74) is 8.23. The molecule has 8 heteroatoms. The third kappa shape index (κ3) is 2.30. The molecule has 4 N–H and O–H groups in total. The molecule has 1 aliphatic heterocycles. The minimum Gasteiger partial charge on any atom is -0.482 e. The summed E-state index contributed by atoms with van der Waals surface area (Å²) >= 11 is 0. The molecule has 0 unspecified atom stereocenters. The third-order valence-corrected chi connectivity index (χ3v) is 3.71. The van der Waals surface area contributed by atoms with Crippen molar-refractivity contribution in [2.45, 2.75) is 0 Å². The Morgan fingerprint density at radius 1 is 1.38 bits per heavy atom. The molecule has 120 valence electrons. The van der Waals surface area contributed by atoms with Crippen LogP contribution in [-0.4, -0.2) is 28.0 Å². The van der Waals surface area contributed by atoms with Gasteiger partial charge >= 0.3 is 0 Å². The number of carbonyl (C=O) groups is 2. The summed E-state index contributed by atoms with van der Waals surface area (Å²) in [4.78, 5) is 23.2. The number of carbonyl (C=O) groups excluding carboxylic acids is 2. The number of anilines is 3. The number of benzene rings is 1. The average Bonchev–Trinajstić information content (AvgIpc) is 3.03. The molecule has 2 aromatic heterocycles. The van der Waals surface area contributed by atoms with Crippen molar-refractivity contribution in [3.8, 4) is 5.75 Å². The summed E-state index contributed by atoms with van der Waals surface area (Å²) in [7, 11) is 0. The molecule has 4 rings (SSSR count). The van der Waals surface area contributed by atoms with E-state index in [4.69, 9.17) is 10.5 Å². The van der Waals surface area contributed by atoms with E-state index in [0.29, 0.717) is 28.3 Å². The largest absolute Gasteiger partial charge is 0.482 e. The van der Waals surface area contributed by atoms with E-state index in [1.54, 1.807) is 28.9 Å². The Bertz CT molecular complexity index is 979. The number of rotatable bonds is 3. The molecular weight excluding hydrogens is 310 g/mol. The molecule has 1 aromatic carbocycles. The summed E-state index contributed by atoms with van der Waals surface area (Å²) in [6.45, 7) is 0.000725. The van der Waals surface area contributed by atoms with E-state index in [0.717, 1.165) is 0 Å². The van der Waals surface area contributed by atoms with E-state index < -0.39 is 5.91 Å². The maximum Gasteiger partial charge on any atom is 0.262 e. The van der Waals surface area contributed by atoms with Crippen LogP contribution in [0, 0.1) is 0 Å². The van der Waals surface area contributed by atoms with Crippen LogP contribution in [0.2, 0.25) is 0 Å². The highest BCUT2D eigenvalue weighted by molar-refractivity contribution is 6.03. The maximum atomic E-state index is 11.7. The molecule has 2 amide bonds. The number of nitrogens with zero attached hydrogens (tertiary/aromatic N) is 2. The number of fused-ring (bicyclic) bond motifs is 2. The van der Waals surface area contributed by atoms with Gasteiger partial charge in [-0.1, -0.05) is 0 Å². The molecule has 0 atom stereocenters. The van der Waals surface area contributed by atoms with Gasteiger partial charge in [0.25, 0.3) is 11.8 Å². The highest BCUT2D eigenvalue weighted by atomic mass is 16.5. The van der Waals surface area contributed by atoms with Crippen LogP contribution in [0.3, 0.4) is 0 Å². The van der Waals surface area contributed by atoms with Crippen LogP contribution in [-0.2, 0) is 4.79 Å². The minimum absolute atomic E-state index is 0.000725. The SMILES string of the molecule is NC(=O)c1cnn2cccc2c1Nc1ccc2c(c1)NC(=O)CO2. The maximum absolute atomic E-state index is 11.7. The fourth-order valence-corrected chi connectivity index (χ4v) is 2.62. The summed E-state index contributed by atoms with van der Waals surface area (Å²) in [6, 6.07) is 8.92. The number of hydrogen-bond acceptors (Lipinski definition) is 5. The lowest BCUT2D eigenvalue weighted by molar-refractivity contribution is -0.118. The van der Waals surface area contributed by atoms with Gasteiger partial charge in [0.15, 0.2) is 6.61 Å². The smallest absolute Gasteiger partial charge is 0.262 e. The molecule has 24 heavy (non-hydrogen) atoms. The highest BCUT2D eigenvalue weighted by Gasteiger charge is 2.18. The molecule has 0 radical (unpaired) electrons. The summed E-state index contributed by atoms with van der Waals surface area (Å²) in [6.07, 6.45) is 3.19. The van der Waals surface area contributed by atoms with Crippen LogP contribution < -0.4 is 21.1 Å². The Hall–Kier alpha value is -3.55. The quantitative estimate of drug-likeness (QED) is 0.676. The first-order valence-corrected chi connectivity index (χ1v) is 7.22. The second kappa shape index (κ2) is 5.27. The monoisotopic (exact) mass is 323 g/mol. The average molecular weight is 323 g/mol. The zero-order valence-corrected chi connectivity index (χ0v) is 12.4. The van der Waals surface area contributed by atoms with Crippen LogP contribution in [0.5, 0.6) is 5.75 Å². The molecule has 8 nitrogen and oxygen atoms in total. The number of ether oxygens (including phenoxy) is 1. The van der Waals surface area contributed by atoms with Crippen molar-refractivity contribution >= 4 is 34.4 Å². The van der Waals surface area contributed by atoms with Gasteiger partial charge in [0, 0.05) is 11.9 Å². The van der Waals surface area contributed by atoms with E-state index >= 15 is 0 Å². The van der Waals surface area contributed by atoms with Crippen LogP contribution in [0.4, 0.5) is 17.1 Å². The standard InChI is InChI=1S/C16H13N5O3/c17-16(23)10-7-18-21-5-1-2-12(21)15(10)19-9-3-4-13-11(6-9)20-14(22)8-24-13/h1-7,19H,8H2,(H2,17,23)(H,20,22). The van der Waals surface area contributed by atoms with Gasteiger partial charge in [-0.2, -0.15) is 5.10 Å². The first-order chi connectivity index (χ1) is 11.6. The number of nitrogens with one attached hydrogen (secondary N) is 2. The van der Waals surface area contributed by atoms with Crippen LogP contribution in [0.15, 0.2) is 42.7 Å². The first-order valence-electron chi connectivity index (χ1n) is 7.22. The van der Waals surface area contributed by atoms with Crippen molar-refractivity contribution in [2.75, 3.05) is 17.2 Å². The van der Waals surface area contributed by atoms with E-state index in [-0.39, 0.29) is 18.1 Å². The molecule has 0 saturated heterocycles. The second-order valence-electron chi connectivity index (χ2n) is 5.31. The lowest BCUT2D eigenvalue weighted by atomic mass is 10.2. The van der Waals surface area contributed by atoms with E-state index in [1.165, 1.54) is 6.20 Å². The molecule has 0 bridgehead atoms. The normalized spacial score (nSPS) is 13.1. The summed E-state index contributed by atoms with van der Waals surface area (Å²) in [5.74, 6) is -0.198. The van der Waals surface area contributed by atoms with Crippen molar-refractivity contribution < 1.29 is 14.3 Å². The number of primary amides is 1. The highest BCUT2D eigenvalue weighted by Crippen LogP contribution is 2.33. The molecule has 3 heterocycles. The molecule has 0 saturated carbocycles. The van der Waals surface area contributed by atoms with Gasteiger partial charge in [-0.3, -0.25) is 9.59 Å². The van der Waals surface area contributed by atoms with Gasteiger partial charge in [-0.15, -0.1) is 0 Å². The lowest BCUT2D eigenvalue weighted by Gasteiger charge is -2.19. The Labute approximate surface area is 136 Å². The summed E-state index contributed by atoms with van der Waals surface area (Å²) < 4.78 is 6.97. The van der Waals surface area contributed by atoms with Gasteiger partial charge in [0.1, 0.15) is 5.75 Å². The van der Waals surface area contributed by atoms with Crippen molar-refractivity contribution in [3.05, 3.63) is 48.3 Å². The van der Waals surface area contributed by atoms with Gasteiger partial charge in [-0.25, -0.2) is 4.52 Å². The van der Waals surface area contributed by atoms with Crippen molar-refractivity contribution in [3.63, 3.8) is 0 Å². The number of nitrogens with two attached hydrogens (primary N) is 1. The van der Waals surface area contributed by atoms with E-state index in [2.05, 4.69) is 15.7 Å². The molecule has 1 aliphatic rings. The molecular formula is C16H13N5O3. The molecule has 0 aliphatic carbocycles. The first kappa shape index (κ1) is 14.1. The van der Waals surface area contributed by atoms with Crippen LogP contribution >= 0.6 is 0 Å². The zero-order valence-electron chi connectivity index (χ0n) is 12.4. The van der Waals surface area contributed by atoms with Gasteiger partial charge in [-0.05, 0) is 30.3 Å². The molecule has 0 fully saturated rings. The Kier molecular flexibility index (Phi) is 3.09. The predicted octanol–water partition coefficient (Wildman–Crippen LogP) is 1.51. The van der Waals surface area contributed by atoms with Crippen LogP contribution in [0.25, 0.3) is 5.52 Å². The van der Waals surface area contributed by atoms with Crippen molar-refractivity contribution in [1.29, 1.82) is 0 Å². The lowest BCUT2D eigenvalue weighted by Crippen LogP contribution is -2.25. The van der Waals surface area contributed by atoms with Crippen molar-refractivity contribution in [1.82, 2.24) is 9.61 Å². The van der Waals surface area contributed by atoms with Crippen molar-refractivity contribution in [2.24, 2.45) is 5.73 Å². The van der Waals surface area contributed by atoms with Gasteiger partial charge < -0.3 is 21.1 Å². The topological polar surface area (TPSA) is 111 Å². The number of amides is 2. The second-order valence-corrected chi connectivity index (χ2v) is 5.31. The zero-order chi connectivity index (χ0) is 16.7. The van der Waals surface area contributed by atoms with Crippen LogP contribution in [0.1, 0.15) is 10.4 Å². The van der Waals surface area contributed by atoms with Gasteiger partial charge in [0.05, 0.1) is 28.7 Å². The fraction of sp³-hybridized carbons (Fsp3) is 0.0625. The predicted molar refractivity (Wildman–Crippen MR) is 87.6 cm³/mol. The Balaban J connectivity index is 1.78. The molecule has 3 aromatic rings. The number of aromatic nitrogens is 2. The van der Waals surface area contributed by atoms with E-state index in [9.17, 15) is 9.59 Å². The van der Waals surface area contributed by atoms with Gasteiger partial charge in [0.2, 0.25) is 0 Å². The molecule has 0 spiro atoms.